The molecule has 1 aromatic carbocycles. The molecule has 0 spiro atoms. The Balaban J connectivity index is 1.93. The highest BCUT2D eigenvalue weighted by molar-refractivity contribution is 7.11. The van der Waals surface area contributed by atoms with E-state index in [1.165, 1.54) is 10.4 Å². The highest BCUT2D eigenvalue weighted by Crippen LogP contribution is 2.19. The van der Waals surface area contributed by atoms with E-state index in [9.17, 15) is 0 Å². The molecule has 0 bridgehead atoms. The summed E-state index contributed by atoms with van der Waals surface area (Å²) in [5.41, 5.74) is 2.43. The van der Waals surface area contributed by atoms with Gasteiger partial charge in [0.1, 0.15) is 0 Å². The third kappa shape index (κ3) is 4.79. The monoisotopic (exact) mass is 330 g/mol. The number of benzene rings is 1. The van der Waals surface area contributed by atoms with Gasteiger partial charge in [-0.3, -0.25) is 4.99 Å². The topological polar surface area (TPSA) is 49.3 Å². The molecule has 0 aliphatic rings. The van der Waals surface area contributed by atoms with Crippen LogP contribution < -0.4 is 10.6 Å². The Bertz CT molecular complexity index is 648. The predicted molar refractivity (Wildman–Crippen MR) is 99.2 cm³/mol. The maximum absolute atomic E-state index is 4.46. The van der Waals surface area contributed by atoms with Crippen molar-refractivity contribution in [1.29, 1.82) is 0 Å². The fourth-order valence-corrected chi connectivity index (χ4v) is 3.36. The number of thiazole rings is 1. The van der Waals surface area contributed by atoms with Crippen LogP contribution in [0, 0.1) is 13.8 Å². The van der Waals surface area contributed by atoms with E-state index in [1.54, 1.807) is 18.4 Å². The zero-order chi connectivity index (χ0) is 16.8. The normalized spacial score (nSPS) is 14.4. The van der Waals surface area contributed by atoms with Crippen molar-refractivity contribution in [3.05, 3.63) is 51.5 Å². The zero-order valence-corrected chi connectivity index (χ0v) is 15.4. The number of aliphatic imine (C=N–C) groups is 1. The number of nitrogens with zero attached hydrogens (tertiary/aromatic N) is 2. The molecule has 2 atom stereocenters. The first kappa shape index (κ1) is 17.5. The lowest BCUT2D eigenvalue weighted by Crippen LogP contribution is -2.43. The second-order valence-corrected chi connectivity index (χ2v) is 7.09. The minimum Gasteiger partial charge on any atom is -0.353 e. The van der Waals surface area contributed by atoms with Gasteiger partial charge in [-0.15, -0.1) is 11.3 Å². The number of hydrogen-bond acceptors (Lipinski definition) is 3. The van der Waals surface area contributed by atoms with Gasteiger partial charge in [0.2, 0.25) is 0 Å². The fourth-order valence-electron chi connectivity index (χ4n) is 2.48. The van der Waals surface area contributed by atoms with E-state index in [0.717, 1.165) is 23.2 Å². The molecule has 5 heteroatoms. The first-order valence-electron chi connectivity index (χ1n) is 7.96. The van der Waals surface area contributed by atoms with Gasteiger partial charge < -0.3 is 10.6 Å². The SMILES string of the molecule is CN=C(NCc1sc(C)nc1C)NC(C)C(C)c1ccccc1. The van der Waals surface area contributed by atoms with Crippen LogP contribution in [0.3, 0.4) is 0 Å². The van der Waals surface area contributed by atoms with Gasteiger partial charge in [0.15, 0.2) is 5.96 Å². The van der Waals surface area contributed by atoms with Crippen LogP contribution in [0.2, 0.25) is 0 Å². The number of guanidine groups is 1. The molecule has 4 nitrogen and oxygen atoms in total. The first-order chi connectivity index (χ1) is 11.0. The number of rotatable bonds is 5. The molecular weight excluding hydrogens is 304 g/mol. The van der Waals surface area contributed by atoms with Gasteiger partial charge in [0, 0.05) is 23.9 Å². The molecule has 1 heterocycles. The molecule has 0 saturated carbocycles. The molecule has 2 aromatic rings. The summed E-state index contributed by atoms with van der Waals surface area (Å²) >= 11 is 1.73. The minimum absolute atomic E-state index is 0.285. The maximum atomic E-state index is 4.46. The lowest BCUT2D eigenvalue weighted by atomic mass is 9.94. The lowest BCUT2D eigenvalue weighted by Gasteiger charge is -2.24. The molecule has 23 heavy (non-hydrogen) atoms. The standard InChI is InChI=1S/C18H26N4S/c1-12(16-9-7-6-8-10-16)13(2)22-18(19-5)20-11-17-14(3)21-15(4)23-17/h6-10,12-13H,11H2,1-5H3,(H2,19,20,22). The predicted octanol–water partition coefficient (Wildman–Crippen LogP) is 3.62. The molecule has 2 rings (SSSR count). The Hall–Kier alpha value is -1.88. The molecule has 0 fully saturated rings. The Morgan fingerprint density at radius 3 is 2.48 bits per heavy atom. The third-order valence-corrected chi connectivity index (χ3v) is 5.15. The molecule has 2 unspecified atom stereocenters. The van der Waals surface area contributed by atoms with Crippen molar-refractivity contribution >= 4 is 17.3 Å². The first-order valence-corrected chi connectivity index (χ1v) is 8.78. The summed E-state index contributed by atoms with van der Waals surface area (Å²) in [6.45, 7) is 9.27. The second-order valence-electron chi connectivity index (χ2n) is 5.80. The van der Waals surface area contributed by atoms with E-state index < -0.39 is 0 Å². The van der Waals surface area contributed by atoms with Crippen molar-refractivity contribution in [2.45, 2.75) is 46.2 Å². The summed E-state index contributed by atoms with van der Waals surface area (Å²) < 4.78 is 0. The summed E-state index contributed by atoms with van der Waals surface area (Å²) in [4.78, 5) is 10.1. The molecular formula is C18H26N4S. The average molecular weight is 331 g/mol. The van der Waals surface area contributed by atoms with Crippen LogP contribution >= 0.6 is 11.3 Å². The van der Waals surface area contributed by atoms with Crippen molar-refractivity contribution in [3.63, 3.8) is 0 Å². The van der Waals surface area contributed by atoms with E-state index in [-0.39, 0.29) is 6.04 Å². The molecule has 0 saturated heterocycles. The average Bonchev–Trinajstić information content (AvgIpc) is 2.88. The Morgan fingerprint density at radius 2 is 1.91 bits per heavy atom. The van der Waals surface area contributed by atoms with Crippen LogP contribution in [0.25, 0.3) is 0 Å². The molecule has 0 radical (unpaired) electrons. The fraction of sp³-hybridized carbons (Fsp3) is 0.444. The van der Waals surface area contributed by atoms with Crippen LogP contribution in [0.4, 0.5) is 0 Å². The molecule has 0 aliphatic carbocycles. The van der Waals surface area contributed by atoms with Gasteiger partial charge in [0.25, 0.3) is 0 Å². The molecule has 2 N–H and O–H groups in total. The van der Waals surface area contributed by atoms with Crippen LogP contribution in [0.1, 0.15) is 40.9 Å². The van der Waals surface area contributed by atoms with E-state index in [0.29, 0.717) is 5.92 Å². The molecule has 1 aromatic heterocycles. The van der Waals surface area contributed by atoms with Gasteiger partial charge in [0.05, 0.1) is 17.2 Å². The minimum atomic E-state index is 0.285. The summed E-state index contributed by atoms with van der Waals surface area (Å²) in [6.07, 6.45) is 0. The summed E-state index contributed by atoms with van der Waals surface area (Å²) in [5, 5.41) is 7.98. The van der Waals surface area contributed by atoms with Crippen molar-refractivity contribution in [3.8, 4) is 0 Å². The smallest absolute Gasteiger partial charge is 0.191 e. The largest absolute Gasteiger partial charge is 0.353 e. The number of aryl methyl sites for hydroxylation is 2. The quantitative estimate of drug-likeness (QED) is 0.650. The Morgan fingerprint density at radius 1 is 1.22 bits per heavy atom. The van der Waals surface area contributed by atoms with Crippen molar-refractivity contribution < 1.29 is 0 Å². The van der Waals surface area contributed by atoms with E-state index in [1.807, 2.05) is 13.0 Å². The van der Waals surface area contributed by atoms with Gasteiger partial charge in [-0.25, -0.2) is 4.98 Å². The van der Waals surface area contributed by atoms with Crippen molar-refractivity contribution in [1.82, 2.24) is 15.6 Å². The molecule has 124 valence electrons. The number of aromatic nitrogens is 1. The van der Waals surface area contributed by atoms with Gasteiger partial charge in [-0.2, -0.15) is 0 Å². The maximum Gasteiger partial charge on any atom is 0.191 e. The van der Waals surface area contributed by atoms with Crippen LogP contribution in [-0.4, -0.2) is 24.0 Å². The number of nitrogens with one attached hydrogen (secondary N) is 2. The highest BCUT2D eigenvalue weighted by atomic mass is 32.1. The number of hydrogen-bond donors (Lipinski definition) is 2. The summed E-state index contributed by atoms with van der Waals surface area (Å²) in [7, 11) is 1.81. The van der Waals surface area contributed by atoms with Crippen LogP contribution in [0.5, 0.6) is 0 Å². The van der Waals surface area contributed by atoms with Crippen LogP contribution in [0.15, 0.2) is 35.3 Å². The second kappa shape index (κ2) is 8.11. The van der Waals surface area contributed by atoms with Crippen molar-refractivity contribution in [2.24, 2.45) is 4.99 Å². The van der Waals surface area contributed by atoms with Crippen molar-refractivity contribution in [2.75, 3.05) is 7.05 Å². The highest BCUT2D eigenvalue weighted by Gasteiger charge is 2.15. The lowest BCUT2D eigenvalue weighted by molar-refractivity contribution is 0.550. The Kier molecular flexibility index (Phi) is 6.16. The van der Waals surface area contributed by atoms with Crippen LogP contribution in [-0.2, 0) is 6.54 Å². The van der Waals surface area contributed by atoms with Gasteiger partial charge >= 0.3 is 0 Å². The van der Waals surface area contributed by atoms with E-state index in [2.05, 4.69) is 65.6 Å². The molecule has 0 amide bonds. The summed E-state index contributed by atoms with van der Waals surface area (Å²) in [6, 6.07) is 10.8. The zero-order valence-electron chi connectivity index (χ0n) is 14.6. The van der Waals surface area contributed by atoms with Gasteiger partial charge in [-0.1, -0.05) is 37.3 Å². The van der Waals surface area contributed by atoms with E-state index >= 15 is 0 Å². The molecule has 0 aliphatic heterocycles. The third-order valence-electron chi connectivity index (χ3n) is 4.08. The Labute approximate surface area is 143 Å². The van der Waals surface area contributed by atoms with E-state index in [4.69, 9.17) is 0 Å². The summed E-state index contributed by atoms with van der Waals surface area (Å²) in [5.74, 6) is 1.23. The van der Waals surface area contributed by atoms with Gasteiger partial charge in [-0.05, 0) is 26.3 Å².